The molecule has 32 heavy (non-hydrogen) atoms. The summed E-state index contributed by atoms with van der Waals surface area (Å²) in [6.07, 6.45) is 7.86. The molecule has 0 unspecified atom stereocenters. The number of carbonyl (C=O) groups excluding carboxylic acids is 1. The number of ether oxygens (including phenoxy) is 2. The lowest BCUT2D eigenvalue weighted by Crippen LogP contribution is -2.30. The van der Waals surface area contributed by atoms with E-state index in [4.69, 9.17) is 9.47 Å². The molecule has 6 heteroatoms. The number of imidazole rings is 1. The molecule has 170 valence electrons. The molecule has 0 aliphatic rings. The summed E-state index contributed by atoms with van der Waals surface area (Å²) in [5, 5.41) is 3.10. The summed E-state index contributed by atoms with van der Waals surface area (Å²) < 4.78 is 12.6. The zero-order valence-electron chi connectivity index (χ0n) is 19.4. The van der Waals surface area contributed by atoms with Gasteiger partial charge in [-0.3, -0.25) is 9.36 Å². The molecule has 2 aromatic carbocycles. The maximum Gasteiger partial charge on any atom is 0.269 e. The molecule has 0 saturated heterocycles. The third-order valence-electron chi connectivity index (χ3n) is 5.81. The predicted molar refractivity (Wildman–Crippen MR) is 128 cm³/mol. The van der Waals surface area contributed by atoms with Gasteiger partial charge in [0.05, 0.1) is 26.7 Å². The van der Waals surface area contributed by atoms with Gasteiger partial charge in [-0.1, -0.05) is 51.3 Å². The van der Waals surface area contributed by atoms with Crippen molar-refractivity contribution in [3.63, 3.8) is 0 Å². The van der Waals surface area contributed by atoms with Crippen molar-refractivity contribution in [1.29, 1.82) is 0 Å². The standard InChI is InChI=1S/C26H33N3O3/c1-5-7-9-19(6-2)16-28-26(30)23-17-27-18-29(23)22-11-8-10-20(14-22)21-12-13-24(31-3)25(15-21)32-4/h8,10-15,17-19H,5-7,9,16H2,1-4H3,(H,28,30)/t19-/m0/s1. The van der Waals surface area contributed by atoms with Crippen LogP contribution in [0.5, 0.6) is 11.5 Å². The van der Waals surface area contributed by atoms with E-state index >= 15 is 0 Å². The Labute approximate surface area is 190 Å². The molecule has 1 atom stereocenters. The third-order valence-corrected chi connectivity index (χ3v) is 5.81. The molecular weight excluding hydrogens is 402 g/mol. The van der Waals surface area contributed by atoms with Gasteiger partial charge < -0.3 is 14.8 Å². The Bertz CT molecular complexity index is 1030. The van der Waals surface area contributed by atoms with Crippen molar-refractivity contribution < 1.29 is 14.3 Å². The van der Waals surface area contributed by atoms with Crippen LogP contribution in [0.1, 0.15) is 50.0 Å². The molecule has 0 aliphatic carbocycles. The first kappa shape index (κ1) is 23.4. The van der Waals surface area contributed by atoms with Gasteiger partial charge in [0.1, 0.15) is 5.69 Å². The first-order chi connectivity index (χ1) is 15.6. The fourth-order valence-corrected chi connectivity index (χ4v) is 3.79. The van der Waals surface area contributed by atoms with Gasteiger partial charge in [-0.05, 0) is 47.7 Å². The second-order valence-corrected chi connectivity index (χ2v) is 7.90. The van der Waals surface area contributed by atoms with Crippen LogP contribution in [-0.2, 0) is 0 Å². The van der Waals surface area contributed by atoms with E-state index in [1.807, 2.05) is 47.0 Å². The summed E-state index contributed by atoms with van der Waals surface area (Å²) in [5.74, 6) is 1.76. The van der Waals surface area contributed by atoms with Gasteiger partial charge in [-0.2, -0.15) is 0 Å². The average Bonchev–Trinajstić information content (AvgIpc) is 3.34. The van der Waals surface area contributed by atoms with Crippen LogP contribution in [0.4, 0.5) is 0 Å². The van der Waals surface area contributed by atoms with Crippen LogP contribution in [0.2, 0.25) is 0 Å². The second-order valence-electron chi connectivity index (χ2n) is 7.90. The summed E-state index contributed by atoms with van der Waals surface area (Å²) in [6.45, 7) is 5.06. The molecule has 0 bridgehead atoms. The van der Waals surface area contributed by atoms with Crippen LogP contribution in [-0.4, -0.2) is 36.2 Å². The first-order valence-corrected chi connectivity index (χ1v) is 11.2. The lowest BCUT2D eigenvalue weighted by Gasteiger charge is -2.16. The second kappa shape index (κ2) is 11.4. The molecule has 0 fully saturated rings. The number of nitrogens with zero attached hydrogens (tertiary/aromatic N) is 2. The van der Waals surface area contributed by atoms with Crippen LogP contribution in [0, 0.1) is 5.92 Å². The van der Waals surface area contributed by atoms with Gasteiger partial charge in [0.15, 0.2) is 11.5 Å². The van der Waals surface area contributed by atoms with E-state index in [0.29, 0.717) is 29.7 Å². The zero-order chi connectivity index (χ0) is 22.9. The van der Waals surface area contributed by atoms with Crippen molar-refractivity contribution in [1.82, 2.24) is 14.9 Å². The minimum Gasteiger partial charge on any atom is -0.493 e. The van der Waals surface area contributed by atoms with Crippen molar-refractivity contribution >= 4 is 5.91 Å². The third kappa shape index (κ3) is 5.49. The molecular formula is C26H33N3O3. The Kier molecular flexibility index (Phi) is 8.31. The van der Waals surface area contributed by atoms with Crippen LogP contribution >= 0.6 is 0 Å². The minimum atomic E-state index is -0.103. The molecule has 6 nitrogen and oxygen atoms in total. The van der Waals surface area contributed by atoms with E-state index in [1.165, 1.54) is 12.8 Å². The number of methoxy groups -OCH3 is 2. The van der Waals surface area contributed by atoms with Gasteiger partial charge >= 0.3 is 0 Å². The van der Waals surface area contributed by atoms with Gasteiger partial charge in [0.2, 0.25) is 0 Å². The smallest absolute Gasteiger partial charge is 0.269 e. The number of hydrogen-bond acceptors (Lipinski definition) is 4. The highest BCUT2D eigenvalue weighted by Gasteiger charge is 2.15. The number of hydrogen-bond donors (Lipinski definition) is 1. The normalized spacial score (nSPS) is 11.8. The SMILES string of the molecule is CCCC[C@H](CC)CNC(=O)c1cncn1-c1cccc(-c2ccc(OC)c(OC)c2)c1. The van der Waals surface area contributed by atoms with Crippen LogP contribution in [0.15, 0.2) is 55.0 Å². The molecule has 0 spiro atoms. The van der Waals surface area contributed by atoms with E-state index in [9.17, 15) is 4.79 Å². The van der Waals surface area contributed by atoms with E-state index in [2.05, 4.69) is 24.1 Å². The van der Waals surface area contributed by atoms with Crippen LogP contribution in [0.3, 0.4) is 0 Å². The fourth-order valence-electron chi connectivity index (χ4n) is 3.79. The molecule has 0 saturated carbocycles. The highest BCUT2D eigenvalue weighted by Crippen LogP contribution is 2.33. The fraction of sp³-hybridized carbons (Fsp3) is 0.385. The number of aromatic nitrogens is 2. The quantitative estimate of drug-likeness (QED) is 0.432. The molecule has 1 heterocycles. The van der Waals surface area contributed by atoms with E-state index < -0.39 is 0 Å². The van der Waals surface area contributed by atoms with Gasteiger partial charge in [0, 0.05) is 12.2 Å². The number of amides is 1. The highest BCUT2D eigenvalue weighted by molar-refractivity contribution is 5.93. The van der Waals surface area contributed by atoms with Crippen LogP contribution in [0.25, 0.3) is 16.8 Å². The van der Waals surface area contributed by atoms with E-state index in [0.717, 1.165) is 29.7 Å². The summed E-state index contributed by atoms with van der Waals surface area (Å²) in [7, 11) is 3.25. The van der Waals surface area contributed by atoms with Crippen LogP contribution < -0.4 is 14.8 Å². The topological polar surface area (TPSA) is 65.4 Å². The Morgan fingerprint density at radius 3 is 2.56 bits per heavy atom. The van der Waals surface area contributed by atoms with Crippen molar-refractivity contribution in [2.45, 2.75) is 39.5 Å². The number of unbranched alkanes of at least 4 members (excludes halogenated alkanes) is 1. The van der Waals surface area contributed by atoms with Gasteiger partial charge in [-0.25, -0.2) is 4.98 Å². The largest absolute Gasteiger partial charge is 0.493 e. The first-order valence-electron chi connectivity index (χ1n) is 11.2. The summed E-state index contributed by atoms with van der Waals surface area (Å²) in [6, 6.07) is 13.8. The van der Waals surface area contributed by atoms with Crippen molar-refractivity contribution in [2.75, 3.05) is 20.8 Å². The maximum absolute atomic E-state index is 12.9. The highest BCUT2D eigenvalue weighted by atomic mass is 16.5. The number of benzene rings is 2. The Morgan fingerprint density at radius 2 is 1.84 bits per heavy atom. The number of carbonyl (C=O) groups is 1. The number of nitrogens with one attached hydrogen (secondary N) is 1. The molecule has 1 aromatic heterocycles. The van der Waals surface area contributed by atoms with Crippen molar-refractivity contribution in [3.05, 3.63) is 60.7 Å². The van der Waals surface area contributed by atoms with Gasteiger partial charge in [0.25, 0.3) is 5.91 Å². The lowest BCUT2D eigenvalue weighted by molar-refractivity contribution is 0.0939. The lowest BCUT2D eigenvalue weighted by atomic mass is 9.99. The molecule has 1 amide bonds. The monoisotopic (exact) mass is 435 g/mol. The Balaban J connectivity index is 1.81. The Morgan fingerprint density at radius 1 is 1.06 bits per heavy atom. The molecule has 0 radical (unpaired) electrons. The Hall–Kier alpha value is -3.28. The summed E-state index contributed by atoms with van der Waals surface area (Å²) in [4.78, 5) is 17.1. The van der Waals surface area contributed by atoms with Crippen molar-refractivity contribution in [3.8, 4) is 28.3 Å². The van der Waals surface area contributed by atoms with E-state index in [1.54, 1.807) is 26.7 Å². The maximum atomic E-state index is 12.9. The molecule has 3 rings (SSSR count). The minimum absolute atomic E-state index is 0.103. The molecule has 1 N–H and O–H groups in total. The van der Waals surface area contributed by atoms with E-state index in [-0.39, 0.29) is 5.91 Å². The molecule has 0 aliphatic heterocycles. The van der Waals surface area contributed by atoms with Gasteiger partial charge in [-0.15, -0.1) is 0 Å². The average molecular weight is 436 g/mol. The molecule has 3 aromatic rings. The predicted octanol–water partition coefficient (Wildman–Crippen LogP) is 5.50. The summed E-state index contributed by atoms with van der Waals surface area (Å²) in [5.41, 5.74) is 3.41. The van der Waals surface area contributed by atoms with Crippen molar-refractivity contribution in [2.24, 2.45) is 5.92 Å². The summed E-state index contributed by atoms with van der Waals surface area (Å²) >= 11 is 0. The zero-order valence-corrected chi connectivity index (χ0v) is 19.4. The number of rotatable bonds is 11.